The van der Waals surface area contributed by atoms with Crippen molar-refractivity contribution < 1.29 is 13.2 Å². The second kappa shape index (κ2) is 5.90. The molecule has 4 N–H and O–H groups in total. The van der Waals surface area contributed by atoms with Gasteiger partial charge >= 0.3 is 6.18 Å². The van der Waals surface area contributed by atoms with Gasteiger partial charge in [0.25, 0.3) is 0 Å². The lowest BCUT2D eigenvalue weighted by molar-refractivity contribution is -0.137. The first-order valence-electron chi connectivity index (χ1n) is 5.88. The molecule has 0 saturated heterocycles. The summed E-state index contributed by atoms with van der Waals surface area (Å²) < 4.78 is 39.3. The van der Waals surface area contributed by atoms with Gasteiger partial charge in [-0.15, -0.1) is 0 Å². The molecule has 0 bridgehead atoms. The van der Waals surface area contributed by atoms with E-state index in [9.17, 15) is 13.2 Å². The van der Waals surface area contributed by atoms with Gasteiger partial charge in [0.2, 0.25) is 0 Å². The van der Waals surface area contributed by atoms with Crippen molar-refractivity contribution in [1.29, 1.82) is 0 Å². The number of nitrogens with zero attached hydrogens (tertiary/aromatic N) is 1. The molecule has 0 saturated carbocycles. The van der Waals surface area contributed by atoms with Crippen LogP contribution < -0.4 is 16.6 Å². The number of nitrogen functional groups attached to an aromatic ring is 1. The SMILES string of the molecule is Cc1ccc(Nc2cc(C(F)(F)F)cc(NN)n2)cc1Br. The number of nitrogens with one attached hydrogen (secondary N) is 2. The van der Waals surface area contributed by atoms with E-state index in [4.69, 9.17) is 5.84 Å². The van der Waals surface area contributed by atoms with Crippen molar-refractivity contribution in [3.63, 3.8) is 0 Å². The third-order valence-electron chi connectivity index (χ3n) is 2.74. The normalized spacial score (nSPS) is 11.3. The first-order valence-corrected chi connectivity index (χ1v) is 6.68. The average molecular weight is 361 g/mol. The standard InChI is InChI=1S/C13H12BrF3N4/c1-7-2-3-9(6-10(7)14)19-11-4-8(13(15,16)17)5-12(20-11)21-18/h2-6H,18H2,1H3,(H2,19,20,21). The summed E-state index contributed by atoms with van der Waals surface area (Å²) >= 11 is 3.36. The Hall–Kier alpha value is -1.80. The quantitative estimate of drug-likeness (QED) is 0.566. The number of hydrogen-bond donors (Lipinski definition) is 3. The van der Waals surface area contributed by atoms with Crippen LogP contribution in [0.4, 0.5) is 30.5 Å². The molecular formula is C13H12BrF3N4. The minimum absolute atomic E-state index is 0.0496. The fraction of sp³-hybridized carbons (Fsp3) is 0.154. The van der Waals surface area contributed by atoms with Crippen LogP contribution in [0.1, 0.15) is 11.1 Å². The van der Waals surface area contributed by atoms with Crippen LogP contribution in [0, 0.1) is 6.92 Å². The predicted molar refractivity (Wildman–Crippen MR) is 79.2 cm³/mol. The molecule has 0 amide bonds. The molecule has 2 rings (SSSR count). The van der Waals surface area contributed by atoms with E-state index in [-0.39, 0.29) is 11.6 Å². The number of rotatable bonds is 3. The third-order valence-corrected chi connectivity index (χ3v) is 3.60. The van der Waals surface area contributed by atoms with Crippen molar-refractivity contribution in [3.8, 4) is 0 Å². The summed E-state index contributed by atoms with van der Waals surface area (Å²) in [5, 5.41) is 2.82. The molecule has 2 aromatic rings. The number of aromatic nitrogens is 1. The number of anilines is 3. The van der Waals surface area contributed by atoms with E-state index in [1.54, 1.807) is 12.1 Å². The van der Waals surface area contributed by atoms with Crippen LogP contribution in [-0.4, -0.2) is 4.98 Å². The lowest BCUT2D eigenvalue weighted by Gasteiger charge is -2.13. The fourth-order valence-corrected chi connectivity index (χ4v) is 2.03. The van der Waals surface area contributed by atoms with Crippen LogP contribution in [0.2, 0.25) is 0 Å². The number of hydrazine groups is 1. The van der Waals surface area contributed by atoms with Gasteiger partial charge in [-0.25, -0.2) is 10.8 Å². The van der Waals surface area contributed by atoms with E-state index in [0.29, 0.717) is 5.69 Å². The Morgan fingerprint density at radius 3 is 2.38 bits per heavy atom. The molecular weight excluding hydrogens is 349 g/mol. The summed E-state index contributed by atoms with van der Waals surface area (Å²) in [6, 6.07) is 7.11. The summed E-state index contributed by atoms with van der Waals surface area (Å²) in [6.07, 6.45) is -4.47. The molecule has 0 radical (unpaired) electrons. The van der Waals surface area contributed by atoms with Crippen molar-refractivity contribution in [2.45, 2.75) is 13.1 Å². The molecule has 1 heterocycles. The van der Waals surface area contributed by atoms with Gasteiger partial charge in [-0.3, -0.25) is 0 Å². The van der Waals surface area contributed by atoms with Gasteiger partial charge in [0, 0.05) is 10.2 Å². The molecule has 0 aliphatic rings. The van der Waals surface area contributed by atoms with Crippen LogP contribution >= 0.6 is 15.9 Å². The van der Waals surface area contributed by atoms with Crippen molar-refractivity contribution in [1.82, 2.24) is 4.98 Å². The number of pyridine rings is 1. The average Bonchev–Trinajstić information content (AvgIpc) is 2.41. The lowest BCUT2D eigenvalue weighted by atomic mass is 10.2. The van der Waals surface area contributed by atoms with Crippen LogP contribution in [0.3, 0.4) is 0 Å². The minimum Gasteiger partial charge on any atom is -0.340 e. The highest BCUT2D eigenvalue weighted by molar-refractivity contribution is 9.10. The molecule has 4 nitrogen and oxygen atoms in total. The van der Waals surface area contributed by atoms with E-state index >= 15 is 0 Å². The van der Waals surface area contributed by atoms with Crippen LogP contribution in [0.25, 0.3) is 0 Å². The van der Waals surface area contributed by atoms with Crippen LogP contribution in [-0.2, 0) is 6.18 Å². The monoisotopic (exact) mass is 360 g/mol. The molecule has 21 heavy (non-hydrogen) atoms. The highest BCUT2D eigenvalue weighted by Crippen LogP contribution is 2.33. The minimum atomic E-state index is -4.47. The van der Waals surface area contributed by atoms with Crippen molar-refractivity contribution in [2.75, 3.05) is 10.7 Å². The Morgan fingerprint density at radius 1 is 1.14 bits per heavy atom. The molecule has 0 spiro atoms. The number of halogens is 4. The Labute approximate surface area is 127 Å². The van der Waals surface area contributed by atoms with E-state index in [1.165, 1.54) is 0 Å². The number of alkyl halides is 3. The van der Waals surface area contributed by atoms with Gasteiger partial charge in [0.15, 0.2) is 0 Å². The Balaban J connectivity index is 2.36. The Kier molecular flexibility index (Phi) is 4.38. The Bertz CT molecular complexity index is 658. The molecule has 0 aliphatic heterocycles. The van der Waals surface area contributed by atoms with Gasteiger partial charge in [-0.2, -0.15) is 13.2 Å². The van der Waals surface area contributed by atoms with Crippen molar-refractivity contribution in [2.24, 2.45) is 5.84 Å². The molecule has 0 atom stereocenters. The van der Waals surface area contributed by atoms with Gasteiger partial charge in [0.1, 0.15) is 11.6 Å². The zero-order valence-electron chi connectivity index (χ0n) is 10.9. The first-order chi connectivity index (χ1) is 9.79. The molecule has 1 aromatic heterocycles. The third kappa shape index (κ3) is 3.85. The van der Waals surface area contributed by atoms with Gasteiger partial charge < -0.3 is 10.7 Å². The second-order valence-electron chi connectivity index (χ2n) is 4.36. The Morgan fingerprint density at radius 2 is 1.81 bits per heavy atom. The molecule has 8 heteroatoms. The van der Waals surface area contributed by atoms with Gasteiger partial charge in [-0.05, 0) is 36.8 Å². The smallest absolute Gasteiger partial charge is 0.340 e. The lowest BCUT2D eigenvalue weighted by Crippen LogP contribution is -2.13. The maximum Gasteiger partial charge on any atom is 0.416 e. The van der Waals surface area contributed by atoms with E-state index in [2.05, 4.69) is 31.7 Å². The zero-order valence-corrected chi connectivity index (χ0v) is 12.5. The maximum absolute atomic E-state index is 12.8. The second-order valence-corrected chi connectivity index (χ2v) is 5.21. The van der Waals surface area contributed by atoms with Crippen LogP contribution in [0.15, 0.2) is 34.8 Å². The molecule has 0 unspecified atom stereocenters. The fourth-order valence-electron chi connectivity index (χ4n) is 1.65. The molecule has 1 aromatic carbocycles. The number of benzene rings is 1. The highest BCUT2D eigenvalue weighted by Gasteiger charge is 2.31. The summed E-state index contributed by atoms with van der Waals surface area (Å²) in [6.45, 7) is 1.91. The summed E-state index contributed by atoms with van der Waals surface area (Å²) in [4.78, 5) is 3.95. The molecule has 0 aliphatic carbocycles. The number of aryl methyl sites for hydroxylation is 1. The summed E-state index contributed by atoms with van der Waals surface area (Å²) in [5.74, 6) is 5.13. The molecule has 0 fully saturated rings. The maximum atomic E-state index is 12.8. The van der Waals surface area contributed by atoms with Crippen molar-refractivity contribution in [3.05, 3.63) is 45.9 Å². The number of hydrogen-bond acceptors (Lipinski definition) is 4. The highest BCUT2D eigenvalue weighted by atomic mass is 79.9. The number of nitrogens with two attached hydrogens (primary N) is 1. The van der Waals surface area contributed by atoms with Gasteiger partial charge in [0.05, 0.1) is 5.56 Å². The zero-order chi connectivity index (χ0) is 15.6. The van der Waals surface area contributed by atoms with E-state index in [1.807, 2.05) is 13.0 Å². The topological polar surface area (TPSA) is 63.0 Å². The van der Waals surface area contributed by atoms with Gasteiger partial charge in [-0.1, -0.05) is 22.0 Å². The van der Waals surface area contributed by atoms with E-state index < -0.39 is 11.7 Å². The first kappa shape index (κ1) is 15.6. The van der Waals surface area contributed by atoms with Crippen molar-refractivity contribution >= 4 is 33.3 Å². The van der Waals surface area contributed by atoms with E-state index in [0.717, 1.165) is 22.2 Å². The summed E-state index contributed by atoms with van der Waals surface area (Å²) in [5.41, 5.74) is 2.92. The predicted octanol–water partition coefficient (Wildman–Crippen LogP) is 4.20. The van der Waals surface area contributed by atoms with Crippen LogP contribution in [0.5, 0.6) is 0 Å². The molecule has 112 valence electrons. The summed E-state index contributed by atoms with van der Waals surface area (Å²) in [7, 11) is 0. The largest absolute Gasteiger partial charge is 0.416 e.